The lowest BCUT2D eigenvalue weighted by atomic mass is 10.2. The molecule has 84 valence electrons. The fourth-order valence-corrected chi connectivity index (χ4v) is 2.44. The molecule has 0 bridgehead atoms. The van der Waals surface area contributed by atoms with E-state index in [-0.39, 0.29) is 11.3 Å². The van der Waals surface area contributed by atoms with Gasteiger partial charge in [-0.25, -0.2) is 0 Å². The summed E-state index contributed by atoms with van der Waals surface area (Å²) in [5.41, 5.74) is 0. The predicted octanol–water partition coefficient (Wildman–Crippen LogP) is 3.77. The van der Waals surface area contributed by atoms with Crippen molar-refractivity contribution in [3.8, 4) is 0 Å². The first kappa shape index (κ1) is 11.2. The molecule has 0 saturated heterocycles. The summed E-state index contributed by atoms with van der Waals surface area (Å²) >= 11 is 7.71. The van der Waals surface area contributed by atoms with E-state index >= 15 is 0 Å². The van der Waals surface area contributed by atoms with Gasteiger partial charge in [0.25, 0.3) is 0 Å². The molecule has 1 atom stereocenters. The first-order chi connectivity index (χ1) is 7.66. The van der Waals surface area contributed by atoms with Gasteiger partial charge in [-0.05, 0) is 17.5 Å². The number of hydrogen-bond acceptors (Lipinski definition) is 4. The molecule has 0 saturated carbocycles. The van der Waals surface area contributed by atoms with E-state index in [4.69, 9.17) is 16.0 Å². The molecular weight excluding hydrogens is 250 g/mol. The van der Waals surface area contributed by atoms with Gasteiger partial charge in [0.15, 0.2) is 0 Å². The predicted molar refractivity (Wildman–Crippen MR) is 62.0 cm³/mol. The minimum Gasteiger partial charge on any atom is -0.404 e. The third-order valence-corrected chi connectivity index (χ3v) is 3.33. The number of nitrogens with zero attached hydrogens (tertiary/aromatic N) is 1. The van der Waals surface area contributed by atoms with E-state index < -0.39 is 4.92 Å². The number of rotatable bonds is 4. The van der Waals surface area contributed by atoms with E-state index in [1.165, 1.54) is 6.07 Å². The van der Waals surface area contributed by atoms with Crippen molar-refractivity contribution in [1.82, 2.24) is 0 Å². The minimum absolute atomic E-state index is 0.271. The molecule has 16 heavy (non-hydrogen) atoms. The summed E-state index contributed by atoms with van der Waals surface area (Å²) in [6.45, 7) is 0. The van der Waals surface area contributed by atoms with Crippen molar-refractivity contribution >= 4 is 28.8 Å². The van der Waals surface area contributed by atoms with Gasteiger partial charge in [0, 0.05) is 11.3 Å². The highest BCUT2D eigenvalue weighted by atomic mass is 35.5. The van der Waals surface area contributed by atoms with Crippen LogP contribution >= 0.6 is 22.9 Å². The fourth-order valence-electron chi connectivity index (χ4n) is 1.31. The van der Waals surface area contributed by atoms with Crippen LogP contribution in [0.15, 0.2) is 34.1 Å². The largest absolute Gasteiger partial charge is 0.433 e. The second-order valence-corrected chi connectivity index (χ2v) is 4.74. The molecule has 0 radical (unpaired) electrons. The summed E-state index contributed by atoms with van der Waals surface area (Å²) in [4.78, 5) is 11.0. The maximum atomic E-state index is 10.4. The summed E-state index contributed by atoms with van der Waals surface area (Å²) in [7, 11) is 0. The first-order valence-electron chi connectivity index (χ1n) is 4.57. The van der Waals surface area contributed by atoms with E-state index in [9.17, 15) is 10.1 Å². The second-order valence-electron chi connectivity index (χ2n) is 3.18. The molecule has 0 amide bonds. The van der Waals surface area contributed by atoms with Gasteiger partial charge in [0.05, 0.1) is 11.4 Å². The summed E-state index contributed by atoms with van der Waals surface area (Å²) < 4.78 is 5.03. The highest BCUT2D eigenvalue weighted by Gasteiger charge is 2.18. The highest BCUT2D eigenvalue weighted by Crippen LogP contribution is 2.30. The Hall–Kier alpha value is -1.33. The standard InChI is InChI=1S/C10H8ClNO3S/c11-8(6-7-2-1-5-16-7)9-3-4-10(15-9)12(13)14/h1-5,8H,6H2. The summed E-state index contributed by atoms with van der Waals surface area (Å²) in [5, 5.41) is 12.0. The van der Waals surface area contributed by atoms with Crippen molar-refractivity contribution in [3.05, 3.63) is 50.4 Å². The van der Waals surface area contributed by atoms with Gasteiger partial charge in [-0.1, -0.05) is 6.07 Å². The van der Waals surface area contributed by atoms with E-state index in [1.807, 2.05) is 17.5 Å². The zero-order chi connectivity index (χ0) is 11.5. The highest BCUT2D eigenvalue weighted by molar-refractivity contribution is 7.09. The molecule has 2 aromatic rings. The average molecular weight is 258 g/mol. The normalized spacial score (nSPS) is 12.6. The summed E-state index contributed by atoms with van der Waals surface area (Å²) in [6, 6.07) is 6.77. The van der Waals surface area contributed by atoms with Crippen molar-refractivity contribution in [2.45, 2.75) is 11.8 Å². The third-order valence-electron chi connectivity index (χ3n) is 2.06. The molecular formula is C10H8ClNO3S. The van der Waals surface area contributed by atoms with Gasteiger partial charge in [0.2, 0.25) is 0 Å². The molecule has 0 aliphatic carbocycles. The Morgan fingerprint density at radius 1 is 1.50 bits per heavy atom. The van der Waals surface area contributed by atoms with Gasteiger partial charge < -0.3 is 4.42 Å². The molecule has 0 aliphatic rings. The van der Waals surface area contributed by atoms with Crippen LogP contribution in [-0.4, -0.2) is 4.92 Å². The van der Waals surface area contributed by atoms with Crippen molar-refractivity contribution in [2.75, 3.05) is 0 Å². The molecule has 0 aromatic carbocycles. The van der Waals surface area contributed by atoms with Crippen LogP contribution in [0.1, 0.15) is 16.0 Å². The van der Waals surface area contributed by atoms with E-state index in [0.29, 0.717) is 12.2 Å². The van der Waals surface area contributed by atoms with Crippen molar-refractivity contribution < 1.29 is 9.34 Å². The van der Waals surface area contributed by atoms with Gasteiger partial charge in [-0.15, -0.1) is 22.9 Å². The Balaban J connectivity index is 2.08. The topological polar surface area (TPSA) is 56.3 Å². The van der Waals surface area contributed by atoms with Crippen LogP contribution < -0.4 is 0 Å². The quantitative estimate of drug-likeness (QED) is 0.476. The summed E-state index contributed by atoms with van der Waals surface area (Å²) in [5.74, 6) is 0.161. The van der Waals surface area contributed by atoms with Crippen LogP contribution in [0.25, 0.3) is 0 Å². The van der Waals surface area contributed by atoms with Crippen molar-refractivity contribution in [2.24, 2.45) is 0 Å². The number of halogens is 1. The molecule has 4 nitrogen and oxygen atoms in total. The van der Waals surface area contributed by atoms with Crippen LogP contribution in [0.4, 0.5) is 5.88 Å². The number of hydrogen-bond donors (Lipinski definition) is 0. The summed E-state index contributed by atoms with van der Waals surface area (Å²) in [6.07, 6.45) is 0.615. The van der Waals surface area contributed by atoms with E-state index in [2.05, 4.69) is 0 Å². The zero-order valence-corrected chi connectivity index (χ0v) is 9.70. The Kier molecular flexibility index (Phi) is 3.26. The molecule has 0 N–H and O–H groups in total. The number of alkyl halides is 1. The van der Waals surface area contributed by atoms with Crippen LogP contribution in [-0.2, 0) is 6.42 Å². The maximum Gasteiger partial charge on any atom is 0.433 e. The second kappa shape index (κ2) is 4.67. The van der Waals surface area contributed by atoms with E-state index in [1.54, 1.807) is 17.4 Å². The lowest BCUT2D eigenvalue weighted by molar-refractivity contribution is -0.402. The molecule has 6 heteroatoms. The maximum absolute atomic E-state index is 10.4. The molecule has 0 aliphatic heterocycles. The van der Waals surface area contributed by atoms with Crippen LogP contribution in [0.5, 0.6) is 0 Å². The number of furan rings is 1. The van der Waals surface area contributed by atoms with Crippen LogP contribution in [0.2, 0.25) is 0 Å². The lowest BCUT2D eigenvalue weighted by Crippen LogP contribution is -1.91. The van der Waals surface area contributed by atoms with Gasteiger partial charge >= 0.3 is 5.88 Å². The van der Waals surface area contributed by atoms with Crippen LogP contribution in [0, 0.1) is 10.1 Å². The minimum atomic E-state index is -0.571. The van der Waals surface area contributed by atoms with Crippen LogP contribution in [0.3, 0.4) is 0 Å². The first-order valence-corrected chi connectivity index (χ1v) is 5.89. The molecule has 0 spiro atoms. The Labute approximate surface area is 101 Å². The van der Waals surface area contributed by atoms with Crippen molar-refractivity contribution in [1.29, 1.82) is 0 Å². The molecule has 2 aromatic heterocycles. The Bertz CT molecular complexity index is 480. The Morgan fingerprint density at radius 2 is 2.31 bits per heavy atom. The lowest BCUT2D eigenvalue weighted by Gasteiger charge is -2.02. The fraction of sp³-hybridized carbons (Fsp3) is 0.200. The van der Waals surface area contributed by atoms with E-state index in [0.717, 1.165) is 4.88 Å². The number of thiophene rings is 1. The SMILES string of the molecule is O=[N+]([O-])c1ccc(C(Cl)Cc2cccs2)o1. The molecule has 2 heterocycles. The monoisotopic (exact) mass is 257 g/mol. The van der Waals surface area contributed by atoms with Gasteiger partial charge in [-0.3, -0.25) is 10.1 Å². The molecule has 0 fully saturated rings. The number of nitro groups is 1. The average Bonchev–Trinajstić information content (AvgIpc) is 2.86. The molecule has 2 rings (SSSR count). The molecule has 1 unspecified atom stereocenters. The van der Waals surface area contributed by atoms with Gasteiger partial charge in [0.1, 0.15) is 10.7 Å². The third kappa shape index (κ3) is 2.43. The van der Waals surface area contributed by atoms with Crippen molar-refractivity contribution in [3.63, 3.8) is 0 Å². The Morgan fingerprint density at radius 3 is 2.88 bits per heavy atom. The zero-order valence-electron chi connectivity index (χ0n) is 8.13. The smallest absolute Gasteiger partial charge is 0.404 e. The van der Waals surface area contributed by atoms with Gasteiger partial charge in [-0.2, -0.15) is 0 Å².